The highest BCUT2D eigenvalue weighted by Crippen LogP contribution is 2.51. The van der Waals surface area contributed by atoms with Crippen LogP contribution < -0.4 is 4.74 Å². The second kappa shape index (κ2) is 5.63. The second-order valence-electron chi connectivity index (χ2n) is 7.74. The molecular weight excluding hydrogens is 320 g/mol. The van der Waals surface area contributed by atoms with Gasteiger partial charge in [0.05, 0.1) is 6.61 Å². The van der Waals surface area contributed by atoms with Gasteiger partial charge in [-0.25, -0.2) is 0 Å². The zero-order chi connectivity index (χ0) is 17.7. The fraction of sp³-hybridized carbons (Fsp3) is 0.250. The smallest absolute Gasteiger partial charge is 0.124 e. The van der Waals surface area contributed by atoms with Gasteiger partial charge in [-0.2, -0.15) is 0 Å². The minimum atomic E-state index is -0.292. The van der Waals surface area contributed by atoms with Crippen LogP contribution in [0, 0.1) is 5.92 Å². The van der Waals surface area contributed by atoms with Crippen LogP contribution in [0.1, 0.15) is 30.9 Å². The molecule has 130 valence electrons. The van der Waals surface area contributed by atoms with E-state index < -0.39 is 0 Å². The summed E-state index contributed by atoms with van der Waals surface area (Å²) in [5, 5.41) is 2.54. The largest absolute Gasteiger partial charge is 0.493 e. The van der Waals surface area contributed by atoms with E-state index in [9.17, 15) is 0 Å². The van der Waals surface area contributed by atoms with Crippen LogP contribution >= 0.6 is 0 Å². The van der Waals surface area contributed by atoms with E-state index in [1.807, 2.05) is 6.07 Å². The van der Waals surface area contributed by atoms with Crippen LogP contribution in [-0.2, 0) is 4.74 Å². The molecule has 3 aromatic rings. The first-order valence-corrected chi connectivity index (χ1v) is 9.24. The van der Waals surface area contributed by atoms with Gasteiger partial charge in [0.1, 0.15) is 17.1 Å². The Morgan fingerprint density at radius 3 is 2.50 bits per heavy atom. The van der Waals surface area contributed by atoms with Gasteiger partial charge in [-0.1, -0.05) is 60.7 Å². The number of hydrogen-bond donors (Lipinski definition) is 0. The summed E-state index contributed by atoms with van der Waals surface area (Å²) >= 11 is 0. The Morgan fingerprint density at radius 1 is 0.885 bits per heavy atom. The Kier molecular flexibility index (Phi) is 3.36. The van der Waals surface area contributed by atoms with E-state index in [0.29, 0.717) is 6.61 Å². The van der Waals surface area contributed by atoms with Crippen molar-refractivity contribution in [2.75, 3.05) is 6.61 Å². The van der Waals surface area contributed by atoms with Gasteiger partial charge in [0.15, 0.2) is 0 Å². The number of benzene rings is 3. The molecule has 0 amide bonds. The number of hydrogen-bond acceptors (Lipinski definition) is 2. The third-order valence-electron chi connectivity index (χ3n) is 5.77. The summed E-state index contributed by atoms with van der Waals surface area (Å²) in [5.41, 5.74) is 2.13. The first-order valence-electron chi connectivity index (χ1n) is 9.24. The average molecular weight is 342 g/mol. The van der Waals surface area contributed by atoms with Gasteiger partial charge in [0.2, 0.25) is 0 Å². The van der Waals surface area contributed by atoms with Crippen molar-refractivity contribution in [1.29, 1.82) is 0 Å². The summed E-state index contributed by atoms with van der Waals surface area (Å²) < 4.78 is 12.6. The molecule has 2 heterocycles. The Labute approximate surface area is 154 Å². The topological polar surface area (TPSA) is 18.5 Å². The maximum atomic E-state index is 6.44. The van der Waals surface area contributed by atoms with E-state index in [-0.39, 0.29) is 17.4 Å². The number of rotatable bonds is 1. The molecule has 0 radical (unpaired) electrons. The van der Waals surface area contributed by atoms with Crippen LogP contribution in [-0.4, -0.2) is 12.2 Å². The van der Waals surface area contributed by atoms with Crippen molar-refractivity contribution in [2.45, 2.75) is 25.4 Å². The molecule has 2 aliphatic rings. The minimum Gasteiger partial charge on any atom is -0.493 e. The Balaban J connectivity index is 1.74. The molecule has 2 atom stereocenters. The fourth-order valence-corrected chi connectivity index (χ4v) is 4.38. The second-order valence-corrected chi connectivity index (χ2v) is 7.74. The molecule has 2 nitrogen and oxygen atoms in total. The molecular formula is C24H22O2. The molecule has 0 unspecified atom stereocenters. The van der Waals surface area contributed by atoms with Crippen molar-refractivity contribution in [1.82, 2.24) is 0 Å². The molecule has 0 saturated carbocycles. The fourth-order valence-electron chi connectivity index (χ4n) is 4.38. The van der Waals surface area contributed by atoms with Gasteiger partial charge in [0, 0.05) is 23.0 Å². The summed E-state index contributed by atoms with van der Waals surface area (Å²) in [6, 6.07) is 23.2. The predicted molar refractivity (Wildman–Crippen MR) is 105 cm³/mol. The van der Waals surface area contributed by atoms with E-state index in [1.165, 1.54) is 16.3 Å². The van der Waals surface area contributed by atoms with Crippen molar-refractivity contribution in [3.05, 3.63) is 83.9 Å². The van der Waals surface area contributed by atoms with Crippen molar-refractivity contribution < 1.29 is 9.47 Å². The maximum absolute atomic E-state index is 6.44. The van der Waals surface area contributed by atoms with Crippen molar-refractivity contribution in [3.8, 4) is 5.75 Å². The first kappa shape index (κ1) is 15.5. The quantitative estimate of drug-likeness (QED) is 0.558. The van der Waals surface area contributed by atoms with Crippen molar-refractivity contribution in [3.63, 3.8) is 0 Å². The highest BCUT2D eigenvalue weighted by atomic mass is 16.5. The van der Waals surface area contributed by atoms with E-state index in [1.54, 1.807) is 0 Å². The van der Waals surface area contributed by atoms with Crippen molar-refractivity contribution >= 4 is 16.5 Å². The highest BCUT2D eigenvalue weighted by Gasteiger charge is 2.45. The van der Waals surface area contributed by atoms with Crippen LogP contribution in [0.4, 0.5) is 0 Å². The molecule has 2 heteroatoms. The van der Waals surface area contributed by atoms with E-state index >= 15 is 0 Å². The Bertz CT molecular complexity index is 1000. The summed E-state index contributed by atoms with van der Waals surface area (Å²) in [7, 11) is 0. The highest BCUT2D eigenvalue weighted by molar-refractivity contribution is 5.89. The molecule has 0 saturated heterocycles. The van der Waals surface area contributed by atoms with Crippen LogP contribution in [0.5, 0.6) is 5.75 Å². The molecule has 0 aliphatic carbocycles. The van der Waals surface area contributed by atoms with Crippen molar-refractivity contribution in [2.24, 2.45) is 5.92 Å². The molecule has 2 aliphatic heterocycles. The normalized spacial score (nSPS) is 23.2. The standard InChI is InChI=1S/C24H22O2/c1-24(2)20-15-25-21-13-12-16-8-6-7-11-18(16)23(21)19(20)14-22(26-24)17-9-4-3-5-10-17/h3-14,19-20H,15H2,1-2H3/t19-,20-/m0/s1. The monoisotopic (exact) mass is 342 g/mol. The van der Waals surface area contributed by atoms with Crippen LogP contribution in [0.15, 0.2) is 72.8 Å². The lowest BCUT2D eigenvalue weighted by molar-refractivity contribution is -0.0282. The average Bonchev–Trinajstić information content (AvgIpc) is 2.67. The molecule has 0 spiro atoms. The molecule has 3 aromatic carbocycles. The SMILES string of the molecule is CC1(C)OC(c2ccccc2)=C[C@@H]2c3c(ccc4ccccc34)OC[C@@H]21. The Morgan fingerprint density at radius 2 is 1.65 bits per heavy atom. The van der Waals surface area contributed by atoms with Gasteiger partial charge in [0.25, 0.3) is 0 Å². The predicted octanol–water partition coefficient (Wildman–Crippen LogP) is 5.78. The summed E-state index contributed by atoms with van der Waals surface area (Å²) in [5.74, 6) is 2.54. The lowest BCUT2D eigenvalue weighted by atomic mass is 9.72. The number of ether oxygens (including phenoxy) is 2. The van der Waals surface area contributed by atoms with Crippen LogP contribution in [0.3, 0.4) is 0 Å². The molecule has 0 aromatic heterocycles. The van der Waals surface area contributed by atoms with Gasteiger partial charge < -0.3 is 9.47 Å². The van der Waals surface area contributed by atoms with Gasteiger partial charge >= 0.3 is 0 Å². The van der Waals surface area contributed by atoms with E-state index in [4.69, 9.17) is 9.47 Å². The zero-order valence-corrected chi connectivity index (χ0v) is 15.1. The molecule has 26 heavy (non-hydrogen) atoms. The minimum absolute atomic E-state index is 0.281. The maximum Gasteiger partial charge on any atom is 0.124 e. The number of allylic oxidation sites excluding steroid dienone is 1. The van der Waals surface area contributed by atoms with Gasteiger partial charge in [-0.05, 0) is 36.8 Å². The third kappa shape index (κ3) is 2.33. The summed E-state index contributed by atoms with van der Waals surface area (Å²) in [6.07, 6.45) is 2.30. The van der Waals surface area contributed by atoms with Gasteiger partial charge in [-0.15, -0.1) is 0 Å². The Hall–Kier alpha value is -2.74. The van der Waals surface area contributed by atoms with Gasteiger partial charge in [-0.3, -0.25) is 0 Å². The zero-order valence-electron chi connectivity index (χ0n) is 15.1. The lowest BCUT2D eigenvalue weighted by Crippen LogP contribution is -2.45. The molecule has 0 fully saturated rings. The lowest BCUT2D eigenvalue weighted by Gasteiger charge is -2.46. The van der Waals surface area contributed by atoms with E-state index in [2.05, 4.69) is 80.6 Å². The molecule has 0 bridgehead atoms. The number of fused-ring (bicyclic) bond motifs is 5. The summed E-state index contributed by atoms with van der Waals surface area (Å²) in [6.45, 7) is 5.04. The van der Waals surface area contributed by atoms with E-state index in [0.717, 1.165) is 17.1 Å². The van der Waals surface area contributed by atoms with Crippen LogP contribution in [0.25, 0.3) is 16.5 Å². The summed E-state index contributed by atoms with van der Waals surface area (Å²) in [4.78, 5) is 0. The van der Waals surface area contributed by atoms with Crippen LogP contribution in [0.2, 0.25) is 0 Å². The molecule has 0 N–H and O–H groups in total. The first-order chi connectivity index (χ1) is 12.6. The molecule has 5 rings (SSSR count). The third-order valence-corrected chi connectivity index (χ3v) is 5.77.